The molecular formula is C14H16N2O3. The van der Waals surface area contributed by atoms with E-state index < -0.39 is 5.97 Å². The molecule has 0 amide bonds. The van der Waals surface area contributed by atoms with E-state index >= 15 is 0 Å². The first-order valence-corrected chi connectivity index (χ1v) is 5.97. The number of hydrogen-bond donors (Lipinski definition) is 1. The van der Waals surface area contributed by atoms with Crippen LogP contribution in [0.1, 0.15) is 11.3 Å². The number of aliphatic carboxylic acids is 1. The summed E-state index contributed by atoms with van der Waals surface area (Å²) in [5.41, 5.74) is 2.94. The van der Waals surface area contributed by atoms with Gasteiger partial charge in [0, 0.05) is 11.6 Å². The van der Waals surface area contributed by atoms with Crippen LogP contribution in [0.3, 0.4) is 0 Å². The Balaban J connectivity index is 2.06. The summed E-state index contributed by atoms with van der Waals surface area (Å²) in [6.07, 6.45) is 0. The van der Waals surface area contributed by atoms with Gasteiger partial charge in [-0.2, -0.15) is 0 Å². The molecule has 100 valence electrons. The molecule has 1 N–H and O–H groups in total. The molecule has 0 radical (unpaired) electrons. The van der Waals surface area contributed by atoms with E-state index in [-0.39, 0.29) is 6.54 Å². The lowest BCUT2D eigenvalue weighted by molar-refractivity contribution is -0.138. The first-order chi connectivity index (χ1) is 9.04. The van der Waals surface area contributed by atoms with E-state index in [1.807, 2.05) is 37.3 Å². The topological polar surface area (TPSA) is 66.6 Å². The third-order valence-corrected chi connectivity index (χ3v) is 2.74. The molecule has 2 aromatic rings. The fraction of sp³-hybridized carbons (Fsp3) is 0.286. The van der Waals surface area contributed by atoms with Gasteiger partial charge in [0.05, 0.1) is 13.1 Å². The monoisotopic (exact) mass is 260 g/mol. The molecule has 1 aromatic carbocycles. The Bertz CT molecular complexity index is 560. The SMILES string of the molecule is Cc1ccc(-c2cc(CN(C)CC(=O)O)on2)cc1. The lowest BCUT2D eigenvalue weighted by atomic mass is 10.1. The molecule has 0 atom stereocenters. The van der Waals surface area contributed by atoms with Crippen molar-refractivity contribution in [1.82, 2.24) is 10.1 Å². The fourth-order valence-corrected chi connectivity index (χ4v) is 1.80. The minimum absolute atomic E-state index is 0.0272. The maximum absolute atomic E-state index is 10.6. The predicted molar refractivity (Wildman–Crippen MR) is 70.6 cm³/mol. The number of carboxylic acids is 1. The number of aromatic nitrogens is 1. The normalized spacial score (nSPS) is 10.9. The van der Waals surface area contributed by atoms with E-state index in [0.717, 1.165) is 11.3 Å². The average molecular weight is 260 g/mol. The molecule has 5 heteroatoms. The van der Waals surface area contributed by atoms with Crippen LogP contribution in [0, 0.1) is 6.92 Å². The lowest BCUT2D eigenvalue weighted by Gasteiger charge is -2.10. The smallest absolute Gasteiger partial charge is 0.317 e. The van der Waals surface area contributed by atoms with Crippen molar-refractivity contribution in [2.75, 3.05) is 13.6 Å². The number of benzene rings is 1. The Morgan fingerprint density at radius 2 is 2.05 bits per heavy atom. The van der Waals surface area contributed by atoms with Crippen LogP contribution in [0.4, 0.5) is 0 Å². The minimum atomic E-state index is -0.860. The van der Waals surface area contributed by atoms with Crippen molar-refractivity contribution in [2.24, 2.45) is 0 Å². The van der Waals surface area contributed by atoms with Crippen molar-refractivity contribution >= 4 is 5.97 Å². The third-order valence-electron chi connectivity index (χ3n) is 2.74. The zero-order valence-corrected chi connectivity index (χ0v) is 11.0. The summed E-state index contributed by atoms with van der Waals surface area (Å²) in [5.74, 6) is -0.208. The van der Waals surface area contributed by atoms with E-state index in [9.17, 15) is 4.79 Å². The summed E-state index contributed by atoms with van der Waals surface area (Å²) in [6.45, 7) is 2.42. The van der Waals surface area contributed by atoms with Gasteiger partial charge in [-0.25, -0.2) is 0 Å². The first-order valence-electron chi connectivity index (χ1n) is 5.97. The molecule has 0 saturated heterocycles. The van der Waals surface area contributed by atoms with Crippen LogP contribution in [-0.2, 0) is 11.3 Å². The number of aryl methyl sites for hydroxylation is 1. The highest BCUT2D eigenvalue weighted by Crippen LogP contribution is 2.20. The molecular weight excluding hydrogens is 244 g/mol. The second-order valence-electron chi connectivity index (χ2n) is 4.61. The van der Waals surface area contributed by atoms with Gasteiger partial charge in [-0.3, -0.25) is 9.69 Å². The number of likely N-dealkylation sites (N-methyl/N-ethyl adjacent to an activating group) is 1. The molecule has 0 aliphatic carbocycles. The van der Waals surface area contributed by atoms with Gasteiger partial charge in [0.2, 0.25) is 0 Å². The van der Waals surface area contributed by atoms with Gasteiger partial charge in [-0.15, -0.1) is 0 Å². The van der Waals surface area contributed by atoms with Crippen molar-refractivity contribution in [3.05, 3.63) is 41.7 Å². The Labute approximate surface area is 111 Å². The average Bonchev–Trinajstić information content (AvgIpc) is 2.77. The molecule has 0 aliphatic heterocycles. The maximum atomic E-state index is 10.6. The van der Waals surface area contributed by atoms with Gasteiger partial charge < -0.3 is 9.63 Å². The van der Waals surface area contributed by atoms with Crippen LogP contribution in [-0.4, -0.2) is 34.7 Å². The molecule has 0 bridgehead atoms. The maximum Gasteiger partial charge on any atom is 0.317 e. The highest BCUT2D eigenvalue weighted by atomic mass is 16.5. The number of rotatable bonds is 5. The number of carboxylic acid groups (broad SMARTS) is 1. The van der Waals surface area contributed by atoms with Crippen LogP contribution in [0.15, 0.2) is 34.9 Å². The Kier molecular flexibility index (Phi) is 3.97. The van der Waals surface area contributed by atoms with E-state index in [1.54, 1.807) is 11.9 Å². The number of carbonyl (C=O) groups is 1. The van der Waals surface area contributed by atoms with Crippen LogP contribution in [0.2, 0.25) is 0 Å². The highest BCUT2D eigenvalue weighted by Gasteiger charge is 2.10. The van der Waals surface area contributed by atoms with E-state index in [2.05, 4.69) is 5.16 Å². The summed E-state index contributed by atoms with van der Waals surface area (Å²) in [4.78, 5) is 12.2. The van der Waals surface area contributed by atoms with E-state index in [4.69, 9.17) is 9.63 Å². The third kappa shape index (κ3) is 3.66. The fourth-order valence-electron chi connectivity index (χ4n) is 1.80. The Morgan fingerprint density at radius 1 is 1.37 bits per heavy atom. The minimum Gasteiger partial charge on any atom is -0.480 e. The predicted octanol–water partition coefficient (Wildman–Crippen LogP) is 2.17. The van der Waals surface area contributed by atoms with Crippen molar-refractivity contribution < 1.29 is 14.4 Å². The van der Waals surface area contributed by atoms with Gasteiger partial charge in [0.15, 0.2) is 5.76 Å². The second kappa shape index (κ2) is 5.67. The molecule has 0 fully saturated rings. The van der Waals surface area contributed by atoms with E-state index in [1.165, 1.54) is 5.56 Å². The zero-order chi connectivity index (χ0) is 13.8. The second-order valence-corrected chi connectivity index (χ2v) is 4.61. The summed E-state index contributed by atoms with van der Waals surface area (Å²) < 4.78 is 5.22. The van der Waals surface area contributed by atoms with Crippen LogP contribution < -0.4 is 0 Å². The lowest BCUT2D eigenvalue weighted by Crippen LogP contribution is -2.24. The van der Waals surface area contributed by atoms with Gasteiger partial charge in [-0.1, -0.05) is 35.0 Å². The molecule has 1 aromatic heterocycles. The van der Waals surface area contributed by atoms with Crippen LogP contribution in [0.5, 0.6) is 0 Å². The summed E-state index contributed by atoms with van der Waals surface area (Å²) >= 11 is 0. The molecule has 0 unspecified atom stereocenters. The first kappa shape index (κ1) is 13.3. The summed E-state index contributed by atoms with van der Waals surface area (Å²) in [6, 6.07) is 9.83. The Hall–Kier alpha value is -2.14. The van der Waals surface area contributed by atoms with Crippen molar-refractivity contribution in [3.63, 3.8) is 0 Å². The molecule has 19 heavy (non-hydrogen) atoms. The standard InChI is InChI=1S/C14H16N2O3/c1-10-3-5-11(6-4-10)13-7-12(19-15-13)8-16(2)9-14(17)18/h3-7H,8-9H2,1-2H3,(H,17,18). The quantitative estimate of drug-likeness (QED) is 0.892. The van der Waals surface area contributed by atoms with Crippen molar-refractivity contribution in [3.8, 4) is 11.3 Å². The zero-order valence-electron chi connectivity index (χ0n) is 11.0. The van der Waals surface area contributed by atoms with E-state index in [0.29, 0.717) is 12.3 Å². The largest absolute Gasteiger partial charge is 0.480 e. The van der Waals surface area contributed by atoms with Crippen LogP contribution in [0.25, 0.3) is 11.3 Å². The van der Waals surface area contributed by atoms with Gasteiger partial charge in [0.25, 0.3) is 0 Å². The van der Waals surface area contributed by atoms with Gasteiger partial charge in [-0.05, 0) is 14.0 Å². The number of hydrogen-bond acceptors (Lipinski definition) is 4. The molecule has 1 heterocycles. The number of nitrogens with zero attached hydrogens (tertiary/aromatic N) is 2. The van der Waals surface area contributed by atoms with Crippen LogP contribution >= 0.6 is 0 Å². The highest BCUT2D eigenvalue weighted by molar-refractivity contribution is 5.69. The van der Waals surface area contributed by atoms with Gasteiger partial charge >= 0.3 is 5.97 Å². The molecule has 5 nitrogen and oxygen atoms in total. The van der Waals surface area contributed by atoms with Crippen molar-refractivity contribution in [1.29, 1.82) is 0 Å². The molecule has 2 rings (SSSR count). The summed E-state index contributed by atoms with van der Waals surface area (Å²) in [5, 5.41) is 12.7. The molecule has 0 saturated carbocycles. The van der Waals surface area contributed by atoms with Gasteiger partial charge in [0.1, 0.15) is 5.69 Å². The van der Waals surface area contributed by atoms with Crippen molar-refractivity contribution in [2.45, 2.75) is 13.5 Å². The molecule has 0 aliphatic rings. The Morgan fingerprint density at radius 3 is 2.68 bits per heavy atom. The molecule has 0 spiro atoms. The summed E-state index contributed by atoms with van der Waals surface area (Å²) in [7, 11) is 1.72.